The van der Waals surface area contributed by atoms with Gasteiger partial charge in [-0.1, -0.05) is 29.3 Å². The Kier molecular flexibility index (Phi) is 6.59. The molecule has 0 bridgehead atoms. The van der Waals surface area contributed by atoms with E-state index in [0.29, 0.717) is 5.69 Å². The minimum atomic E-state index is -3.80. The molecule has 0 atom stereocenters. The first-order chi connectivity index (χ1) is 12.6. The lowest BCUT2D eigenvalue weighted by Crippen LogP contribution is -2.35. The lowest BCUT2D eigenvalue weighted by atomic mass is 10.2. The molecule has 2 aromatic rings. The van der Waals surface area contributed by atoms with Gasteiger partial charge in [0.05, 0.1) is 29.1 Å². The lowest BCUT2D eigenvalue weighted by Gasteiger charge is -2.17. The molecule has 0 aliphatic rings. The van der Waals surface area contributed by atoms with Gasteiger partial charge in [0.25, 0.3) is 0 Å². The third kappa shape index (κ3) is 5.06. The summed E-state index contributed by atoms with van der Waals surface area (Å²) in [4.78, 5) is 24.0. The Labute approximate surface area is 162 Å². The highest BCUT2D eigenvalue weighted by Crippen LogP contribution is 2.21. The maximum absolute atomic E-state index is 12.5. The Hall–Kier alpha value is -2.42. The summed E-state index contributed by atoms with van der Waals surface area (Å²) in [6.07, 6.45) is 0. The molecule has 0 unspecified atom stereocenters. The maximum Gasteiger partial charge on any atom is 0.339 e. The number of anilines is 1. The van der Waals surface area contributed by atoms with Crippen LogP contribution in [0.5, 0.6) is 0 Å². The van der Waals surface area contributed by atoms with Crippen molar-refractivity contribution < 1.29 is 22.7 Å². The van der Waals surface area contributed by atoms with Gasteiger partial charge in [-0.25, -0.2) is 13.2 Å². The van der Waals surface area contributed by atoms with Crippen molar-refractivity contribution in [1.29, 1.82) is 0 Å². The highest BCUT2D eigenvalue weighted by atomic mass is 35.5. The second-order valence-electron chi connectivity index (χ2n) is 5.81. The van der Waals surface area contributed by atoms with Crippen molar-refractivity contribution in [3.8, 4) is 0 Å². The van der Waals surface area contributed by atoms with E-state index >= 15 is 0 Å². The first-order valence-corrected chi connectivity index (χ1v) is 9.67. The Morgan fingerprint density at radius 1 is 1.15 bits per heavy atom. The molecule has 0 aliphatic carbocycles. The number of ether oxygens (including phenoxy) is 1. The van der Waals surface area contributed by atoms with Gasteiger partial charge in [-0.3, -0.25) is 4.79 Å². The van der Waals surface area contributed by atoms with Crippen molar-refractivity contribution >= 4 is 39.2 Å². The average molecular weight is 411 g/mol. The fraction of sp³-hybridized carbons (Fsp3) is 0.222. The molecule has 0 aromatic heterocycles. The molecule has 7 nitrogen and oxygen atoms in total. The number of halogens is 1. The number of nitrogens with one attached hydrogen (secondary N) is 1. The second kappa shape index (κ2) is 8.51. The normalized spacial score (nSPS) is 11.3. The molecule has 0 heterocycles. The molecule has 9 heteroatoms. The van der Waals surface area contributed by atoms with E-state index in [1.54, 1.807) is 12.1 Å². The van der Waals surface area contributed by atoms with Gasteiger partial charge in [0.1, 0.15) is 0 Å². The molecule has 27 heavy (non-hydrogen) atoms. The number of likely N-dealkylation sites (N-methyl/N-ethyl adjacent to an activating group) is 1. The van der Waals surface area contributed by atoms with Crippen LogP contribution in [0.3, 0.4) is 0 Å². The number of nitrogens with zero attached hydrogens (tertiary/aromatic N) is 1. The van der Waals surface area contributed by atoms with E-state index in [4.69, 9.17) is 11.6 Å². The smallest absolute Gasteiger partial charge is 0.339 e. The van der Waals surface area contributed by atoms with Crippen molar-refractivity contribution in [3.63, 3.8) is 0 Å². The Balaban J connectivity index is 2.11. The summed E-state index contributed by atoms with van der Waals surface area (Å²) in [7, 11) is -1.27. The minimum absolute atomic E-state index is 0.0950. The van der Waals surface area contributed by atoms with Gasteiger partial charge in [-0.15, -0.1) is 0 Å². The van der Waals surface area contributed by atoms with Crippen LogP contribution in [0.2, 0.25) is 5.02 Å². The summed E-state index contributed by atoms with van der Waals surface area (Å²) in [5.74, 6) is -1.21. The van der Waals surface area contributed by atoms with Gasteiger partial charge in [-0.2, -0.15) is 4.31 Å². The number of sulfonamides is 1. The van der Waals surface area contributed by atoms with Gasteiger partial charge in [0.15, 0.2) is 0 Å². The molecule has 0 saturated heterocycles. The van der Waals surface area contributed by atoms with Gasteiger partial charge >= 0.3 is 5.97 Å². The molecule has 0 fully saturated rings. The number of esters is 1. The van der Waals surface area contributed by atoms with Crippen LogP contribution in [-0.4, -0.2) is 45.3 Å². The zero-order chi connectivity index (χ0) is 20.2. The van der Waals surface area contributed by atoms with Crippen molar-refractivity contribution in [1.82, 2.24) is 4.31 Å². The minimum Gasteiger partial charge on any atom is -0.465 e. The molecule has 0 radical (unpaired) electrons. The molecular weight excluding hydrogens is 392 g/mol. The highest BCUT2D eigenvalue weighted by Gasteiger charge is 2.23. The van der Waals surface area contributed by atoms with Gasteiger partial charge in [0.2, 0.25) is 15.9 Å². The number of benzene rings is 2. The molecular formula is C18H19ClN2O5S. The quantitative estimate of drug-likeness (QED) is 0.739. The summed E-state index contributed by atoms with van der Waals surface area (Å²) in [5.41, 5.74) is 1.32. The molecule has 0 aliphatic heterocycles. The molecule has 1 amide bonds. The zero-order valence-corrected chi connectivity index (χ0v) is 16.6. The predicted octanol–water partition coefficient (Wildman–Crippen LogP) is 2.69. The first-order valence-electron chi connectivity index (χ1n) is 7.86. The Morgan fingerprint density at radius 3 is 2.37 bits per heavy atom. The van der Waals surface area contributed by atoms with Crippen molar-refractivity contribution in [2.24, 2.45) is 0 Å². The summed E-state index contributed by atoms with van der Waals surface area (Å²) >= 11 is 5.93. The number of carbonyl (C=O) groups is 2. The monoisotopic (exact) mass is 410 g/mol. The first kappa shape index (κ1) is 20.9. The lowest BCUT2D eigenvalue weighted by molar-refractivity contribution is -0.116. The van der Waals surface area contributed by atoms with E-state index in [1.807, 2.05) is 6.92 Å². The third-order valence-corrected chi connectivity index (χ3v) is 5.90. The van der Waals surface area contributed by atoms with Gasteiger partial charge in [0, 0.05) is 12.7 Å². The van der Waals surface area contributed by atoms with Crippen molar-refractivity contribution in [3.05, 3.63) is 58.6 Å². The van der Waals surface area contributed by atoms with Gasteiger partial charge in [-0.05, 0) is 37.3 Å². The van der Waals surface area contributed by atoms with Crippen LogP contribution in [0, 0.1) is 6.92 Å². The summed E-state index contributed by atoms with van der Waals surface area (Å²) in [6, 6.07) is 10.6. The highest BCUT2D eigenvalue weighted by molar-refractivity contribution is 7.89. The van der Waals surface area contributed by atoms with Crippen LogP contribution in [0.1, 0.15) is 15.9 Å². The average Bonchev–Trinajstić information content (AvgIpc) is 2.62. The molecule has 2 aromatic carbocycles. The molecule has 1 N–H and O–H groups in total. The standard InChI is InChI=1S/C18H19ClN2O5S/c1-12-4-7-14(8-5-12)27(24,25)21(2)11-17(22)20-13-6-9-16(19)15(10-13)18(23)26-3/h4-10H,11H2,1-3H3,(H,20,22). The van der Waals surface area contributed by atoms with E-state index < -0.39 is 28.4 Å². The summed E-state index contributed by atoms with van der Waals surface area (Å²) < 4.78 is 30.6. The van der Waals surface area contributed by atoms with Crippen molar-refractivity contribution in [2.45, 2.75) is 11.8 Å². The maximum atomic E-state index is 12.5. The van der Waals surface area contributed by atoms with Crippen molar-refractivity contribution in [2.75, 3.05) is 26.0 Å². The molecule has 2 rings (SSSR count). The molecule has 0 saturated carbocycles. The number of hydrogen-bond donors (Lipinski definition) is 1. The fourth-order valence-electron chi connectivity index (χ4n) is 2.25. The van der Waals surface area contributed by atoms with E-state index in [0.717, 1.165) is 9.87 Å². The van der Waals surface area contributed by atoms with E-state index in [9.17, 15) is 18.0 Å². The SMILES string of the molecule is COC(=O)c1cc(NC(=O)CN(C)S(=O)(=O)c2ccc(C)cc2)ccc1Cl. The number of aryl methyl sites for hydroxylation is 1. The van der Waals surface area contributed by atoms with Crippen LogP contribution in [-0.2, 0) is 19.6 Å². The molecule has 0 spiro atoms. The van der Waals surface area contributed by atoms with E-state index in [2.05, 4.69) is 10.1 Å². The number of methoxy groups -OCH3 is 1. The van der Waals surface area contributed by atoms with Crippen LogP contribution in [0.4, 0.5) is 5.69 Å². The Bertz CT molecular complexity index is 958. The van der Waals surface area contributed by atoms with E-state index in [-0.39, 0.29) is 15.5 Å². The second-order valence-corrected chi connectivity index (χ2v) is 8.26. The summed E-state index contributed by atoms with van der Waals surface area (Å²) in [6.45, 7) is 1.45. The predicted molar refractivity (Wildman–Crippen MR) is 102 cm³/mol. The largest absolute Gasteiger partial charge is 0.465 e. The Morgan fingerprint density at radius 2 is 1.78 bits per heavy atom. The number of amides is 1. The van der Waals surface area contributed by atoms with Crippen LogP contribution in [0.25, 0.3) is 0 Å². The fourth-order valence-corrected chi connectivity index (χ4v) is 3.57. The number of hydrogen-bond acceptors (Lipinski definition) is 5. The zero-order valence-electron chi connectivity index (χ0n) is 15.0. The van der Waals surface area contributed by atoms with E-state index in [1.165, 1.54) is 44.5 Å². The number of carbonyl (C=O) groups excluding carboxylic acids is 2. The molecule has 144 valence electrons. The summed E-state index contributed by atoms with van der Waals surface area (Å²) in [5, 5.41) is 2.72. The third-order valence-electron chi connectivity index (χ3n) is 3.75. The van der Waals surface area contributed by atoms with Crippen LogP contribution in [0.15, 0.2) is 47.4 Å². The topological polar surface area (TPSA) is 92.8 Å². The van der Waals surface area contributed by atoms with Crippen LogP contribution < -0.4 is 5.32 Å². The van der Waals surface area contributed by atoms with Gasteiger partial charge < -0.3 is 10.1 Å². The van der Waals surface area contributed by atoms with Crippen LogP contribution >= 0.6 is 11.6 Å². The number of rotatable bonds is 6.